The molecule has 7 heteroatoms. The van der Waals surface area contributed by atoms with Crippen molar-refractivity contribution in [2.75, 3.05) is 32.8 Å². The van der Waals surface area contributed by atoms with E-state index in [1.54, 1.807) is 15.8 Å². The molecule has 1 atom stereocenters. The highest BCUT2D eigenvalue weighted by Crippen LogP contribution is 2.24. The Labute approximate surface area is 129 Å². The van der Waals surface area contributed by atoms with Crippen molar-refractivity contribution in [1.82, 2.24) is 19.6 Å². The fourth-order valence-corrected chi connectivity index (χ4v) is 3.00. The van der Waals surface area contributed by atoms with Crippen molar-refractivity contribution in [1.29, 1.82) is 0 Å². The van der Waals surface area contributed by atoms with E-state index in [1.807, 2.05) is 24.8 Å². The highest BCUT2D eigenvalue weighted by molar-refractivity contribution is 5.83. The molecule has 0 spiro atoms. The largest absolute Gasteiger partial charge is 0.378 e. The maximum absolute atomic E-state index is 12.8. The van der Waals surface area contributed by atoms with E-state index >= 15 is 0 Å². The van der Waals surface area contributed by atoms with Crippen molar-refractivity contribution in [3.8, 4) is 0 Å². The molecule has 0 unspecified atom stereocenters. The highest BCUT2D eigenvalue weighted by atomic mass is 16.5. The summed E-state index contributed by atoms with van der Waals surface area (Å²) in [5, 5.41) is 4.29. The molecule has 1 fully saturated rings. The van der Waals surface area contributed by atoms with Gasteiger partial charge in [0, 0.05) is 25.2 Å². The third-order valence-corrected chi connectivity index (χ3v) is 4.21. The lowest BCUT2D eigenvalue weighted by molar-refractivity contribution is -0.144. The van der Waals surface area contributed by atoms with E-state index in [0.717, 1.165) is 5.69 Å². The van der Waals surface area contributed by atoms with Crippen LogP contribution in [0, 0.1) is 5.92 Å². The van der Waals surface area contributed by atoms with Crippen molar-refractivity contribution in [3.05, 3.63) is 18.0 Å². The van der Waals surface area contributed by atoms with Gasteiger partial charge >= 0.3 is 0 Å². The monoisotopic (exact) mass is 306 g/mol. The Bertz CT molecular complexity index is 563. The lowest BCUT2D eigenvalue weighted by Crippen LogP contribution is -2.51. The molecule has 120 valence electrons. The van der Waals surface area contributed by atoms with Crippen LogP contribution in [0.1, 0.15) is 25.6 Å². The number of fused-ring (bicyclic) bond motifs is 1. The molecular formula is C15H22N4O3. The second-order valence-corrected chi connectivity index (χ2v) is 6.09. The fraction of sp³-hybridized carbons (Fsp3) is 0.667. The van der Waals surface area contributed by atoms with Gasteiger partial charge < -0.3 is 14.5 Å². The summed E-state index contributed by atoms with van der Waals surface area (Å²) < 4.78 is 7.07. The number of carbonyl (C=O) groups excluding carboxylic acids is 2. The number of amides is 2. The summed E-state index contributed by atoms with van der Waals surface area (Å²) in [5.41, 5.74) is 0.909. The Hall–Kier alpha value is -1.89. The minimum atomic E-state index is -0.431. The summed E-state index contributed by atoms with van der Waals surface area (Å²) in [6.07, 6.45) is 1.69. The summed E-state index contributed by atoms with van der Waals surface area (Å²) in [6, 6.07) is 1.44. The molecule has 0 saturated carbocycles. The van der Waals surface area contributed by atoms with Crippen molar-refractivity contribution in [2.24, 2.45) is 5.92 Å². The van der Waals surface area contributed by atoms with Crippen molar-refractivity contribution < 1.29 is 14.3 Å². The predicted molar refractivity (Wildman–Crippen MR) is 78.9 cm³/mol. The van der Waals surface area contributed by atoms with E-state index in [9.17, 15) is 9.59 Å². The van der Waals surface area contributed by atoms with E-state index in [2.05, 4.69) is 5.10 Å². The Balaban J connectivity index is 1.83. The van der Waals surface area contributed by atoms with E-state index in [1.165, 1.54) is 0 Å². The quantitative estimate of drug-likeness (QED) is 0.787. The second-order valence-electron chi connectivity index (χ2n) is 6.09. The first kappa shape index (κ1) is 15.0. The summed E-state index contributed by atoms with van der Waals surface area (Å²) in [6.45, 7) is 7.01. The molecule has 1 aromatic rings. The van der Waals surface area contributed by atoms with Crippen LogP contribution >= 0.6 is 0 Å². The number of rotatable bonds is 2. The van der Waals surface area contributed by atoms with Gasteiger partial charge in [-0.25, -0.2) is 0 Å². The summed E-state index contributed by atoms with van der Waals surface area (Å²) >= 11 is 0. The van der Waals surface area contributed by atoms with Crippen LogP contribution in [0.15, 0.2) is 12.3 Å². The van der Waals surface area contributed by atoms with E-state index in [-0.39, 0.29) is 17.7 Å². The zero-order valence-electron chi connectivity index (χ0n) is 13.1. The normalized spacial score (nSPS) is 21.9. The minimum Gasteiger partial charge on any atom is -0.378 e. The van der Waals surface area contributed by atoms with Crippen LogP contribution in [-0.2, 0) is 20.9 Å². The molecule has 3 rings (SSSR count). The third kappa shape index (κ3) is 2.72. The standard InChI is InChI=1S/C15H22N4O3/c1-11(2)14(20)18-9-12-3-4-16-19(12)13(10-18)15(21)17-5-7-22-8-6-17/h3-4,11,13H,5-10H2,1-2H3/t13-/m1/s1. The molecule has 0 N–H and O–H groups in total. The summed E-state index contributed by atoms with van der Waals surface area (Å²) in [4.78, 5) is 28.7. The van der Waals surface area contributed by atoms with Gasteiger partial charge in [-0.05, 0) is 6.07 Å². The molecule has 22 heavy (non-hydrogen) atoms. The minimum absolute atomic E-state index is 0.0227. The van der Waals surface area contributed by atoms with Crippen molar-refractivity contribution in [2.45, 2.75) is 26.4 Å². The number of ether oxygens (including phenoxy) is 1. The average Bonchev–Trinajstić information content (AvgIpc) is 3.01. The first-order chi connectivity index (χ1) is 10.6. The van der Waals surface area contributed by atoms with Gasteiger partial charge in [0.05, 0.1) is 32.0 Å². The Kier molecular flexibility index (Phi) is 4.15. The van der Waals surface area contributed by atoms with Crippen LogP contribution in [-0.4, -0.2) is 64.2 Å². The van der Waals surface area contributed by atoms with Gasteiger partial charge in [-0.3, -0.25) is 14.3 Å². The molecule has 0 radical (unpaired) electrons. The first-order valence-corrected chi connectivity index (χ1v) is 7.75. The third-order valence-electron chi connectivity index (χ3n) is 4.21. The fourth-order valence-electron chi connectivity index (χ4n) is 3.00. The first-order valence-electron chi connectivity index (χ1n) is 7.75. The molecule has 3 heterocycles. The molecule has 0 aliphatic carbocycles. The lowest BCUT2D eigenvalue weighted by atomic mass is 10.1. The van der Waals surface area contributed by atoms with Crippen LogP contribution < -0.4 is 0 Å². The van der Waals surface area contributed by atoms with Crippen LogP contribution in [0.5, 0.6) is 0 Å². The van der Waals surface area contributed by atoms with Crippen LogP contribution in [0.4, 0.5) is 0 Å². The highest BCUT2D eigenvalue weighted by Gasteiger charge is 2.36. The number of aromatic nitrogens is 2. The van der Waals surface area contributed by atoms with Gasteiger partial charge in [0.15, 0.2) is 0 Å². The van der Waals surface area contributed by atoms with Crippen LogP contribution in [0.3, 0.4) is 0 Å². The van der Waals surface area contributed by atoms with Gasteiger partial charge in [0.25, 0.3) is 0 Å². The van der Waals surface area contributed by atoms with E-state index in [4.69, 9.17) is 4.74 Å². The number of carbonyl (C=O) groups is 2. The smallest absolute Gasteiger partial charge is 0.249 e. The molecular weight excluding hydrogens is 284 g/mol. The predicted octanol–water partition coefficient (Wildman–Crippen LogP) is 0.281. The Morgan fingerprint density at radius 2 is 2.00 bits per heavy atom. The van der Waals surface area contributed by atoms with Crippen LogP contribution in [0.25, 0.3) is 0 Å². The van der Waals surface area contributed by atoms with Gasteiger partial charge in [0.1, 0.15) is 6.04 Å². The van der Waals surface area contributed by atoms with Gasteiger partial charge in [-0.15, -0.1) is 0 Å². The van der Waals surface area contributed by atoms with Crippen molar-refractivity contribution in [3.63, 3.8) is 0 Å². The zero-order chi connectivity index (χ0) is 15.7. The molecule has 1 aromatic heterocycles. The number of hydrogen-bond donors (Lipinski definition) is 0. The zero-order valence-corrected chi connectivity index (χ0v) is 13.1. The maximum Gasteiger partial charge on any atom is 0.249 e. The van der Waals surface area contributed by atoms with Crippen molar-refractivity contribution >= 4 is 11.8 Å². The van der Waals surface area contributed by atoms with Crippen LogP contribution in [0.2, 0.25) is 0 Å². The Morgan fingerprint density at radius 1 is 1.27 bits per heavy atom. The number of nitrogens with zero attached hydrogens (tertiary/aromatic N) is 4. The molecule has 7 nitrogen and oxygen atoms in total. The summed E-state index contributed by atoms with van der Waals surface area (Å²) in [7, 11) is 0. The number of morpholine rings is 1. The molecule has 0 aromatic carbocycles. The van der Waals surface area contributed by atoms with E-state index in [0.29, 0.717) is 39.4 Å². The molecule has 1 saturated heterocycles. The molecule has 0 bridgehead atoms. The summed E-state index contributed by atoms with van der Waals surface area (Å²) in [5.74, 6) is 0.0235. The Morgan fingerprint density at radius 3 is 2.68 bits per heavy atom. The molecule has 2 amide bonds. The second kappa shape index (κ2) is 6.08. The SMILES string of the molecule is CC(C)C(=O)N1Cc2ccnn2[C@@H](C(=O)N2CCOCC2)C1. The van der Waals surface area contributed by atoms with Gasteiger partial charge in [0.2, 0.25) is 11.8 Å². The maximum atomic E-state index is 12.8. The van der Waals surface area contributed by atoms with E-state index < -0.39 is 6.04 Å². The average molecular weight is 306 g/mol. The lowest BCUT2D eigenvalue weighted by Gasteiger charge is -2.37. The topological polar surface area (TPSA) is 67.7 Å². The van der Waals surface area contributed by atoms with Gasteiger partial charge in [-0.1, -0.05) is 13.8 Å². The molecule has 2 aliphatic rings. The van der Waals surface area contributed by atoms with Gasteiger partial charge in [-0.2, -0.15) is 5.10 Å². The molecule has 2 aliphatic heterocycles. The number of hydrogen-bond acceptors (Lipinski definition) is 4.